The van der Waals surface area contributed by atoms with Gasteiger partial charge in [0, 0.05) is 11.3 Å². The molecule has 0 spiro atoms. The van der Waals surface area contributed by atoms with Crippen molar-refractivity contribution >= 4 is 23.0 Å². The molecule has 0 aliphatic heterocycles. The number of nitrogens with one attached hydrogen (secondary N) is 2. The molecule has 0 saturated carbocycles. The number of halogens is 1. The molecule has 104 valence electrons. The van der Waals surface area contributed by atoms with E-state index in [1.807, 2.05) is 0 Å². The van der Waals surface area contributed by atoms with Crippen molar-refractivity contribution in [3.8, 4) is 0 Å². The summed E-state index contributed by atoms with van der Waals surface area (Å²) in [6.07, 6.45) is 0. The molecule has 1 aromatic carbocycles. The van der Waals surface area contributed by atoms with Crippen LogP contribution in [0.25, 0.3) is 0 Å². The molecule has 0 aliphatic rings. The maximum absolute atomic E-state index is 13.4. The molecule has 0 bridgehead atoms. The highest BCUT2D eigenvalue weighted by atomic mass is 19.1. The van der Waals surface area contributed by atoms with Crippen LogP contribution in [0.2, 0.25) is 0 Å². The molecule has 0 saturated heterocycles. The summed E-state index contributed by atoms with van der Waals surface area (Å²) in [5.74, 6) is 5.17. The van der Waals surface area contributed by atoms with E-state index in [0.717, 1.165) is 0 Å². The zero-order chi connectivity index (χ0) is 14.7. The highest BCUT2D eigenvalue weighted by molar-refractivity contribution is 5.64. The zero-order valence-corrected chi connectivity index (χ0v) is 10.6. The van der Waals surface area contributed by atoms with E-state index in [2.05, 4.69) is 15.7 Å². The van der Waals surface area contributed by atoms with Crippen LogP contribution in [0.15, 0.2) is 30.3 Å². The summed E-state index contributed by atoms with van der Waals surface area (Å²) in [5.41, 5.74) is 2.93. The van der Waals surface area contributed by atoms with Gasteiger partial charge in [-0.3, -0.25) is 10.1 Å². The highest BCUT2D eigenvalue weighted by Gasteiger charge is 2.12. The first-order valence-corrected chi connectivity index (χ1v) is 5.66. The van der Waals surface area contributed by atoms with Gasteiger partial charge in [0.1, 0.15) is 17.5 Å². The van der Waals surface area contributed by atoms with E-state index in [0.29, 0.717) is 11.3 Å². The van der Waals surface area contributed by atoms with Crippen molar-refractivity contribution in [2.45, 2.75) is 6.92 Å². The van der Waals surface area contributed by atoms with Crippen molar-refractivity contribution in [1.29, 1.82) is 0 Å². The number of hydrazine groups is 1. The van der Waals surface area contributed by atoms with Gasteiger partial charge in [-0.2, -0.15) is 0 Å². The Bertz CT molecular complexity index is 662. The summed E-state index contributed by atoms with van der Waals surface area (Å²) in [4.78, 5) is 14.3. The Morgan fingerprint density at radius 2 is 2.05 bits per heavy atom. The lowest BCUT2D eigenvalue weighted by Gasteiger charge is -2.10. The molecular formula is C12H12FN5O2. The van der Waals surface area contributed by atoms with Gasteiger partial charge in [-0.25, -0.2) is 15.2 Å². The molecule has 7 nitrogen and oxygen atoms in total. The number of nitro groups is 1. The Hall–Kier alpha value is -2.74. The highest BCUT2D eigenvalue weighted by Crippen LogP contribution is 2.25. The fraction of sp³-hybridized carbons (Fsp3) is 0.0833. The van der Waals surface area contributed by atoms with Crippen molar-refractivity contribution in [3.63, 3.8) is 0 Å². The first-order chi connectivity index (χ1) is 9.51. The predicted octanol–water partition coefficient (Wildman–Crippen LogP) is 2.47. The summed E-state index contributed by atoms with van der Waals surface area (Å²) in [6, 6.07) is 6.95. The number of rotatable bonds is 4. The van der Waals surface area contributed by atoms with E-state index in [1.165, 1.54) is 24.3 Å². The molecule has 2 aromatic rings. The monoisotopic (exact) mass is 277 g/mol. The third kappa shape index (κ3) is 2.81. The predicted molar refractivity (Wildman–Crippen MR) is 73.1 cm³/mol. The third-order valence-electron chi connectivity index (χ3n) is 2.70. The van der Waals surface area contributed by atoms with Crippen LogP contribution >= 0.6 is 0 Å². The third-order valence-corrected chi connectivity index (χ3v) is 2.70. The minimum absolute atomic E-state index is 0.135. The lowest BCUT2D eigenvalue weighted by molar-refractivity contribution is -0.384. The Balaban J connectivity index is 2.40. The van der Waals surface area contributed by atoms with Crippen LogP contribution in [0, 0.1) is 22.9 Å². The summed E-state index contributed by atoms with van der Waals surface area (Å²) in [6.45, 7) is 1.59. The fourth-order valence-corrected chi connectivity index (χ4v) is 1.64. The second-order valence-corrected chi connectivity index (χ2v) is 4.03. The molecule has 0 amide bonds. The number of nitrogen functional groups attached to an aromatic ring is 1. The van der Waals surface area contributed by atoms with Crippen LogP contribution in [-0.2, 0) is 0 Å². The summed E-state index contributed by atoms with van der Waals surface area (Å²) in [7, 11) is 0. The Morgan fingerprint density at radius 3 is 2.70 bits per heavy atom. The van der Waals surface area contributed by atoms with E-state index in [-0.39, 0.29) is 23.1 Å². The number of hydrogen-bond acceptors (Lipinski definition) is 6. The maximum atomic E-state index is 13.4. The minimum atomic E-state index is -0.563. The van der Waals surface area contributed by atoms with Gasteiger partial charge in [-0.1, -0.05) is 6.07 Å². The van der Waals surface area contributed by atoms with E-state index >= 15 is 0 Å². The van der Waals surface area contributed by atoms with Gasteiger partial charge >= 0.3 is 0 Å². The van der Waals surface area contributed by atoms with E-state index in [1.54, 1.807) is 13.0 Å². The number of hydrogen-bond donors (Lipinski definition) is 3. The van der Waals surface area contributed by atoms with Gasteiger partial charge in [0.25, 0.3) is 5.69 Å². The van der Waals surface area contributed by atoms with Crippen molar-refractivity contribution < 1.29 is 9.31 Å². The molecule has 0 unspecified atom stereocenters. The fourth-order valence-electron chi connectivity index (χ4n) is 1.64. The Morgan fingerprint density at radius 1 is 1.35 bits per heavy atom. The lowest BCUT2D eigenvalue weighted by Crippen LogP contribution is -2.10. The number of aromatic nitrogens is 1. The molecule has 1 aromatic heterocycles. The Kier molecular flexibility index (Phi) is 3.76. The summed E-state index contributed by atoms with van der Waals surface area (Å²) < 4.78 is 13.4. The Labute approximate surface area is 113 Å². The van der Waals surface area contributed by atoms with Crippen molar-refractivity contribution in [2.75, 3.05) is 10.7 Å². The molecule has 20 heavy (non-hydrogen) atoms. The lowest BCUT2D eigenvalue weighted by atomic mass is 10.2. The molecule has 4 N–H and O–H groups in total. The normalized spacial score (nSPS) is 10.2. The standard InChI is InChI=1S/C12H12FN5O2/c1-7-9(13)3-2-4-10(7)15-11-5-8(18(19)20)6-12(16-11)17-14/h2-6H,14H2,1H3,(H2,15,16,17). The van der Waals surface area contributed by atoms with Crippen LogP contribution in [0.3, 0.4) is 0 Å². The molecular weight excluding hydrogens is 265 g/mol. The summed E-state index contributed by atoms with van der Waals surface area (Å²) >= 11 is 0. The molecule has 1 heterocycles. The van der Waals surface area contributed by atoms with Gasteiger partial charge in [0.15, 0.2) is 0 Å². The van der Waals surface area contributed by atoms with Crippen LogP contribution in [0.5, 0.6) is 0 Å². The zero-order valence-electron chi connectivity index (χ0n) is 10.6. The number of nitrogens with zero attached hydrogens (tertiary/aromatic N) is 2. The molecule has 0 aliphatic carbocycles. The van der Waals surface area contributed by atoms with Crippen LogP contribution in [0.1, 0.15) is 5.56 Å². The topological polar surface area (TPSA) is 106 Å². The number of benzene rings is 1. The average molecular weight is 277 g/mol. The van der Waals surface area contributed by atoms with Gasteiger partial charge in [0.05, 0.1) is 17.1 Å². The van der Waals surface area contributed by atoms with Crippen molar-refractivity contribution in [1.82, 2.24) is 4.98 Å². The van der Waals surface area contributed by atoms with Gasteiger partial charge in [0.2, 0.25) is 0 Å². The van der Waals surface area contributed by atoms with Crippen LogP contribution < -0.4 is 16.6 Å². The van der Waals surface area contributed by atoms with Gasteiger partial charge in [-0.15, -0.1) is 0 Å². The first kappa shape index (κ1) is 13.7. The second kappa shape index (κ2) is 5.49. The van der Waals surface area contributed by atoms with Gasteiger partial charge < -0.3 is 10.7 Å². The second-order valence-electron chi connectivity index (χ2n) is 4.03. The molecule has 8 heteroatoms. The summed E-state index contributed by atoms with van der Waals surface area (Å²) in [5, 5.41) is 13.6. The molecule has 0 radical (unpaired) electrons. The van der Waals surface area contributed by atoms with Crippen molar-refractivity contribution in [3.05, 3.63) is 51.8 Å². The largest absolute Gasteiger partial charge is 0.340 e. The quantitative estimate of drug-likeness (QED) is 0.450. The maximum Gasteiger partial charge on any atom is 0.276 e. The molecule has 0 atom stereocenters. The average Bonchev–Trinajstić information content (AvgIpc) is 2.43. The van der Waals surface area contributed by atoms with Crippen LogP contribution in [-0.4, -0.2) is 9.91 Å². The smallest absolute Gasteiger partial charge is 0.276 e. The number of nitrogens with two attached hydrogens (primary N) is 1. The van der Waals surface area contributed by atoms with Crippen molar-refractivity contribution in [2.24, 2.45) is 5.84 Å². The number of pyridine rings is 1. The van der Waals surface area contributed by atoms with E-state index in [4.69, 9.17) is 5.84 Å². The molecule has 2 rings (SSSR count). The van der Waals surface area contributed by atoms with E-state index in [9.17, 15) is 14.5 Å². The number of anilines is 3. The van der Waals surface area contributed by atoms with E-state index < -0.39 is 4.92 Å². The SMILES string of the molecule is Cc1c(F)cccc1Nc1cc([N+](=O)[O-])cc(NN)n1. The minimum Gasteiger partial charge on any atom is -0.340 e. The first-order valence-electron chi connectivity index (χ1n) is 5.66. The van der Waals surface area contributed by atoms with Gasteiger partial charge in [-0.05, 0) is 19.1 Å². The molecule has 0 fully saturated rings. The van der Waals surface area contributed by atoms with Crippen LogP contribution in [0.4, 0.5) is 27.4 Å².